The summed E-state index contributed by atoms with van der Waals surface area (Å²) < 4.78 is 0. The van der Waals surface area contributed by atoms with Gasteiger partial charge in [0.2, 0.25) is 0 Å². The first kappa shape index (κ1) is 20.2. The minimum absolute atomic E-state index is 0.215. The summed E-state index contributed by atoms with van der Waals surface area (Å²) in [5.41, 5.74) is 2.38. The van der Waals surface area contributed by atoms with Gasteiger partial charge >= 0.3 is 0 Å². The van der Waals surface area contributed by atoms with E-state index >= 15 is 0 Å². The summed E-state index contributed by atoms with van der Waals surface area (Å²) in [5, 5.41) is 0. The minimum atomic E-state index is 0.215. The van der Waals surface area contributed by atoms with Crippen LogP contribution < -0.4 is 4.90 Å². The van der Waals surface area contributed by atoms with Crippen LogP contribution in [0.5, 0.6) is 0 Å². The molecule has 0 N–H and O–H groups in total. The molecule has 1 unspecified atom stereocenters. The molecule has 150 valence electrons. The van der Waals surface area contributed by atoms with E-state index in [1.165, 1.54) is 37.8 Å². The van der Waals surface area contributed by atoms with E-state index in [0.717, 1.165) is 38.3 Å². The standard InChI is InChI=1S/C23H37N3O/c1-5-25(6-2)21-12-10-19(11-13-21)22(27)26-17-20(16-24(3)4)23(18-26)14-8-7-9-15-23/h10-13,20H,5-9,14-18H2,1-4H3. The summed E-state index contributed by atoms with van der Waals surface area (Å²) in [6, 6.07) is 8.24. The van der Waals surface area contributed by atoms with E-state index in [4.69, 9.17) is 0 Å². The molecule has 1 atom stereocenters. The Kier molecular flexibility index (Phi) is 6.46. The number of carbonyl (C=O) groups excluding carboxylic acids is 1. The molecule has 0 aromatic heterocycles. The number of hydrogen-bond acceptors (Lipinski definition) is 3. The predicted molar refractivity (Wildman–Crippen MR) is 113 cm³/mol. The highest BCUT2D eigenvalue weighted by Gasteiger charge is 2.48. The Labute approximate surface area is 165 Å². The van der Waals surface area contributed by atoms with E-state index in [2.05, 4.69) is 54.8 Å². The van der Waals surface area contributed by atoms with E-state index in [0.29, 0.717) is 11.3 Å². The van der Waals surface area contributed by atoms with Crippen molar-refractivity contribution in [2.45, 2.75) is 46.0 Å². The maximum atomic E-state index is 13.2. The summed E-state index contributed by atoms with van der Waals surface area (Å²) in [5.74, 6) is 0.819. The predicted octanol–water partition coefficient (Wildman–Crippen LogP) is 4.12. The van der Waals surface area contributed by atoms with Gasteiger partial charge < -0.3 is 14.7 Å². The normalized spacial score (nSPS) is 21.8. The first-order valence-electron chi connectivity index (χ1n) is 10.8. The third-order valence-electron chi connectivity index (χ3n) is 6.78. The molecule has 2 aliphatic rings. The monoisotopic (exact) mass is 371 g/mol. The quantitative estimate of drug-likeness (QED) is 0.753. The molecule has 2 fully saturated rings. The van der Waals surface area contributed by atoms with Gasteiger partial charge in [-0.2, -0.15) is 0 Å². The van der Waals surface area contributed by atoms with Gasteiger partial charge in [-0.25, -0.2) is 0 Å². The van der Waals surface area contributed by atoms with E-state index in [1.807, 2.05) is 12.1 Å². The Morgan fingerprint density at radius 3 is 2.26 bits per heavy atom. The van der Waals surface area contributed by atoms with Gasteiger partial charge in [0, 0.05) is 44.0 Å². The summed E-state index contributed by atoms with van der Waals surface area (Å²) in [7, 11) is 4.32. The van der Waals surface area contributed by atoms with Crippen molar-refractivity contribution in [3.8, 4) is 0 Å². The number of nitrogens with zero attached hydrogens (tertiary/aromatic N) is 3. The van der Waals surface area contributed by atoms with Crippen molar-refractivity contribution in [3.63, 3.8) is 0 Å². The molecule has 1 saturated carbocycles. The highest BCUT2D eigenvalue weighted by atomic mass is 16.2. The second-order valence-electron chi connectivity index (χ2n) is 8.79. The lowest BCUT2D eigenvalue weighted by Crippen LogP contribution is -2.38. The Bertz CT molecular complexity index is 615. The van der Waals surface area contributed by atoms with Crippen molar-refractivity contribution < 1.29 is 4.79 Å². The Balaban J connectivity index is 1.74. The number of rotatable bonds is 6. The van der Waals surface area contributed by atoms with Crippen LogP contribution in [0.3, 0.4) is 0 Å². The molecule has 1 amide bonds. The summed E-state index contributed by atoms with van der Waals surface area (Å²) in [6.45, 7) is 9.26. The molecule has 1 aromatic rings. The maximum absolute atomic E-state index is 13.2. The zero-order valence-electron chi connectivity index (χ0n) is 17.7. The molecular formula is C23H37N3O. The number of amides is 1. The minimum Gasteiger partial charge on any atom is -0.372 e. The van der Waals surface area contributed by atoms with Crippen LogP contribution >= 0.6 is 0 Å². The zero-order valence-corrected chi connectivity index (χ0v) is 17.7. The number of carbonyl (C=O) groups is 1. The molecule has 1 aromatic carbocycles. The number of hydrogen-bond donors (Lipinski definition) is 0. The average molecular weight is 372 g/mol. The molecule has 1 saturated heterocycles. The summed E-state index contributed by atoms with van der Waals surface area (Å²) in [4.78, 5) is 20.0. The first-order valence-corrected chi connectivity index (χ1v) is 10.8. The van der Waals surface area contributed by atoms with Crippen LogP contribution in [0.25, 0.3) is 0 Å². The molecule has 4 nitrogen and oxygen atoms in total. The summed E-state index contributed by atoms with van der Waals surface area (Å²) in [6.07, 6.45) is 6.58. The van der Waals surface area contributed by atoms with Crippen LogP contribution in [0.1, 0.15) is 56.3 Å². The largest absolute Gasteiger partial charge is 0.372 e. The smallest absolute Gasteiger partial charge is 0.253 e. The fourth-order valence-corrected chi connectivity index (χ4v) is 5.29. The third kappa shape index (κ3) is 4.31. The fourth-order valence-electron chi connectivity index (χ4n) is 5.29. The first-order chi connectivity index (χ1) is 13.0. The van der Waals surface area contributed by atoms with Gasteiger partial charge in [-0.05, 0) is 76.4 Å². The van der Waals surface area contributed by atoms with Gasteiger partial charge in [-0.15, -0.1) is 0 Å². The Morgan fingerprint density at radius 2 is 1.70 bits per heavy atom. The lowest BCUT2D eigenvalue weighted by Gasteiger charge is -2.39. The lowest BCUT2D eigenvalue weighted by molar-refractivity contribution is 0.0755. The van der Waals surface area contributed by atoms with E-state index in [1.54, 1.807) is 0 Å². The molecule has 1 heterocycles. The number of likely N-dealkylation sites (tertiary alicyclic amines) is 1. The molecule has 27 heavy (non-hydrogen) atoms. The van der Waals surface area contributed by atoms with Crippen LogP contribution in [0.15, 0.2) is 24.3 Å². The van der Waals surface area contributed by atoms with Gasteiger partial charge in [0.15, 0.2) is 0 Å². The van der Waals surface area contributed by atoms with Crippen LogP contribution in [0, 0.1) is 11.3 Å². The lowest BCUT2D eigenvalue weighted by atomic mass is 9.67. The molecule has 1 spiro atoms. The average Bonchev–Trinajstić information content (AvgIpc) is 3.00. The van der Waals surface area contributed by atoms with Crippen molar-refractivity contribution in [2.24, 2.45) is 11.3 Å². The number of anilines is 1. The van der Waals surface area contributed by atoms with Crippen molar-refractivity contribution in [3.05, 3.63) is 29.8 Å². The third-order valence-corrected chi connectivity index (χ3v) is 6.78. The molecule has 1 aliphatic heterocycles. The van der Waals surface area contributed by atoms with Gasteiger partial charge in [0.25, 0.3) is 5.91 Å². The van der Waals surface area contributed by atoms with Crippen LogP contribution in [-0.2, 0) is 0 Å². The molecule has 0 radical (unpaired) electrons. The highest BCUT2D eigenvalue weighted by molar-refractivity contribution is 5.94. The van der Waals surface area contributed by atoms with E-state index in [-0.39, 0.29) is 5.91 Å². The van der Waals surface area contributed by atoms with Crippen LogP contribution in [-0.4, -0.2) is 62.5 Å². The topological polar surface area (TPSA) is 26.8 Å². The van der Waals surface area contributed by atoms with Crippen molar-refractivity contribution in [1.29, 1.82) is 0 Å². The molecule has 3 rings (SSSR count). The zero-order chi connectivity index (χ0) is 19.4. The summed E-state index contributed by atoms with van der Waals surface area (Å²) >= 11 is 0. The molecular weight excluding hydrogens is 334 g/mol. The van der Waals surface area contributed by atoms with Gasteiger partial charge in [0.05, 0.1) is 0 Å². The van der Waals surface area contributed by atoms with Crippen molar-refractivity contribution >= 4 is 11.6 Å². The second kappa shape index (κ2) is 8.64. The Morgan fingerprint density at radius 1 is 1.07 bits per heavy atom. The molecule has 1 aliphatic carbocycles. The number of benzene rings is 1. The highest BCUT2D eigenvalue weighted by Crippen LogP contribution is 2.48. The van der Waals surface area contributed by atoms with Crippen LogP contribution in [0.4, 0.5) is 5.69 Å². The van der Waals surface area contributed by atoms with Gasteiger partial charge in [-0.1, -0.05) is 19.3 Å². The van der Waals surface area contributed by atoms with E-state index in [9.17, 15) is 4.79 Å². The fraction of sp³-hybridized carbons (Fsp3) is 0.696. The Hall–Kier alpha value is -1.55. The van der Waals surface area contributed by atoms with Crippen LogP contribution in [0.2, 0.25) is 0 Å². The molecule has 4 heteroatoms. The van der Waals surface area contributed by atoms with Gasteiger partial charge in [0.1, 0.15) is 0 Å². The van der Waals surface area contributed by atoms with Crippen molar-refractivity contribution in [1.82, 2.24) is 9.80 Å². The van der Waals surface area contributed by atoms with Gasteiger partial charge in [-0.3, -0.25) is 4.79 Å². The maximum Gasteiger partial charge on any atom is 0.253 e. The molecule has 0 bridgehead atoms. The second-order valence-corrected chi connectivity index (χ2v) is 8.79. The van der Waals surface area contributed by atoms with E-state index < -0.39 is 0 Å². The SMILES string of the molecule is CCN(CC)c1ccc(C(=O)N2CC(CN(C)C)C3(CCCCC3)C2)cc1. The van der Waals surface area contributed by atoms with Crippen molar-refractivity contribution in [2.75, 3.05) is 51.7 Å².